The van der Waals surface area contributed by atoms with Crippen molar-refractivity contribution in [2.24, 2.45) is 0 Å². The molecule has 2 aromatic carbocycles. The van der Waals surface area contributed by atoms with E-state index in [1.54, 1.807) is 30.3 Å². The average molecular weight is 289 g/mol. The Kier molecular flexibility index (Phi) is 3.96. The zero-order chi connectivity index (χ0) is 14.7. The van der Waals surface area contributed by atoms with Gasteiger partial charge in [-0.2, -0.15) is 0 Å². The number of benzene rings is 2. The van der Waals surface area contributed by atoms with E-state index in [-0.39, 0.29) is 16.1 Å². The van der Waals surface area contributed by atoms with Gasteiger partial charge in [-0.15, -0.1) is 0 Å². The molecule has 0 saturated carbocycles. The van der Waals surface area contributed by atoms with Crippen molar-refractivity contribution in [1.29, 1.82) is 0 Å². The third-order valence-corrected chi connectivity index (χ3v) is 2.94. The number of rotatable bonds is 4. The van der Waals surface area contributed by atoms with E-state index in [2.05, 4.69) is 0 Å². The lowest BCUT2D eigenvalue weighted by atomic mass is 9.96. The Morgan fingerprint density at radius 3 is 2.15 bits per heavy atom. The van der Waals surface area contributed by atoms with Crippen LogP contribution in [-0.2, 0) is 4.79 Å². The van der Waals surface area contributed by atoms with Crippen LogP contribution in [0.3, 0.4) is 0 Å². The number of hydrogen-bond donors (Lipinski definition) is 1. The average Bonchev–Trinajstić information content (AvgIpc) is 2.46. The molecular formula is C15H9ClO4. The quantitative estimate of drug-likeness (QED) is 0.693. The Balaban J connectivity index is 2.56. The Morgan fingerprint density at radius 2 is 1.55 bits per heavy atom. The van der Waals surface area contributed by atoms with E-state index >= 15 is 0 Å². The third kappa shape index (κ3) is 2.75. The summed E-state index contributed by atoms with van der Waals surface area (Å²) >= 11 is 5.82. The fourth-order valence-electron chi connectivity index (χ4n) is 1.76. The molecule has 0 fully saturated rings. The summed E-state index contributed by atoms with van der Waals surface area (Å²) in [6.07, 6.45) is 0. The first-order valence-electron chi connectivity index (χ1n) is 5.67. The molecule has 0 aliphatic heterocycles. The maximum absolute atomic E-state index is 12.3. The minimum Gasteiger partial charge on any atom is -0.475 e. The standard InChI is InChI=1S/C15H9ClO4/c16-10-6-7-11(14(18)15(19)20)12(8-10)13(17)9-4-2-1-3-5-9/h1-8H,(H,19,20). The first kappa shape index (κ1) is 14.0. The van der Waals surface area contributed by atoms with Crippen molar-refractivity contribution in [3.05, 3.63) is 70.2 Å². The van der Waals surface area contributed by atoms with E-state index in [1.165, 1.54) is 18.2 Å². The highest BCUT2D eigenvalue weighted by Crippen LogP contribution is 2.20. The molecule has 0 unspecified atom stereocenters. The zero-order valence-electron chi connectivity index (χ0n) is 10.2. The van der Waals surface area contributed by atoms with Crippen LogP contribution in [-0.4, -0.2) is 22.6 Å². The fraction of sp³-hybridized carbons (Fsp3) is 0. The maximum atomic E-state index is 12.3. The summed E-state index contributed by atoms with van der Waals surface area (Å²) in [7, 11) is 0. The van der Waals surface area contributed by atoms with Gasteiger partial charge in [0.2, 0.25) is 0 Å². The smallest absolute Gasteiger partial charge is 0.377 e. The second kappa shape index (κ2) is 5.67. The lowest BCUT2D eigenvalue weighted by Gasteiger charge is -2.07. The van der Waals surface area contributed by atoms with Crippen LogP contribution in [0.4, 0.5) is 0 Å². The van der Waals surface area contributed by atoms with Crippen LogP contribution in [0.25, 0.3) is 0 Å². The Hall–Kier alpha value is -2.46. The van der Waals surface area contributed by atoms with Crippen LogP contribution in [0, 0.1) is 0 Å². The van der Waals surface area contributed by atoms with Crippen molar-refractivity contribution < 1.29 is 19.5 Å². The number of carboxylic acids is 1. The number of aliphatic carboxylic acids is 1. The third-order valence-electron chi connectivity index (χ3n) is 2.70. The molecule has 0 bridgehead atoms. The van der Waals surface area contributed by atoms with Crippen LogP contribution >= 0.6 is 11.6 Å². The van der Waals surface area contributed by atoms with Crippen LogP contribution in [0.1, 0.15) is 26.3 Å². The first-order chi connectivity index (χ1) is 9.50. The molecule has 0 spiro atoms. The summed E-state index contributed by atoms with van der Waals surface area (Å²) < 4.78 is 0. The van der Waals surface area contributed by atoms with Gasteiger partial charge in [0.15, 0.2) is 5.78 Å². The molecule has 0 aliphatic rings. The Labute approximate surface area is 119 Å². The highest BCUT2D eigenvalue weighted by atomic mass is 35.5. The van der Waals surface area contributed by atoms with Gasteiger partial charge in [-0.3, -0.25) is 9.59 Å². The normalized spacial score (nSPS) is 10.1. The van der Waals surface area contributed by atoms with Crippen molar-refractivity contribution >= 4 is 29.1 Å². The molecule has 100 valence electrons. The molecule has 0 heterocycles. The monoisotopic (exact) mass is 288 g/mol. The predicted octanol–water partition coefficient (Wildman–Crippen LogP) is 2.84. The molecule has 0 aromatic heterocycles. The van der Waals surface area contributed by atoms with Crippen LogP contribution in [0.2, 0.25) is 5.02 Å². The van der Waals surface area contributed by atoms with Crippen LogP contribution in [0.15, 0.2) is 48.5 Å². The second-order valence-electron chi connectivity index (χ2n) is 4.02. The van der Waals surface area contributed by atoms with Gasteiger partial charge >= 0.3 is 5.97 Å². The molecule has 0 aliphatic carbocycles. The molecule has 0 amide bonds. The topological polar surface area (TPSA) is 71.4 Å². The van der Waals surface area contributed by atoms with Crippen LogP contribution < -0.4 is 0 Å². The SMILES string of the molecule is O=C(O)C(=O)c1ccc(Cl)cc1C(=O)c1ccccc1. The number of carbonyl (C=O) groups excluding carboxylic acids is 2. The minimum atomic E-state index is -1.62. The number of hydrogen-bond acceptors (Lipinski definition) is 3. The van der Waals surface area contributed by atoms with Gasteiger partial charge in [-0.25, -0.2) is 4.79 Å². The van der Waals surface area contributed by atoms with Crippen molar-refractivity contribution in [3.8, 4) is 0 Å². The minimum absolute atomic E-state index is 0.0175. The van der Waals surface area contributed by atoms with E-state index in [0.717, 1.165) is 0 Å². The van der Waals surface area contributed by atoms with Crippen molar-refractivity contribution in [1.82, 2.24) is 0 Å². The summed E-state index contributed by atoms with van der Waals surface area (Å²) in [6.45, 7) is 0. The number of carboxylic acid groups (broad SMARTS) is 1. The molecule has 5 heteroatoms. The molecular weight excluding hydrogens is 280 g/mol. The molecule has 0 atom stereocenters. The summed E-state index contributed by atoms with van der Waals surface area (Å²) in [6, 6.07) is 12.2. The molecule has 1 N–H and O–H groups in total. The van der Waals surface area contributed by atoms with E-state index in [4.69, 9.17) is 16.7 Å². The number of Topliss-reactive ketones (excluding diaryl/α,β-unsaturated/α-hetero) is 1. The summed E-state index contributed by atoms with van der Waals surface area (Å²) in [5.74, 6) is -3.20. The van der Waals surface area contributed by atoms with Gasteiger partial charge in [-0.1, -0.05) is 41.9 Å². The van der Waals surface area contributed by atoms with E-state index in [0.29, 0.717) is 5.56 Å². The molecule has 0 radical (unpaired) electrons. The Morgan fingerprint density at radius 1 is 0.900 bits per heavy atom. The number of halogens is 1. The second-order valence-corrected chi connectivity index (χ2v) is 4.46. The van der Waals surface area contributed by atoms with E-state index in [9.17, 15) is 14.4 Å². The zero-order valence-corrected chi connectivity index (χ0v) is 10.9. The lowest BCUT2D eigenvalue weighted by molar-refractivity contribution is -0.131. The highest BCUT2D eigenvalue weighted by molar-refractivity contribution is 6.42. The van der Waals surface area contributed by atoms with Gasteiger partial charge in [0.05, 0.1) is 0 Å². The van der Waals surface area contributed by atoms with Crippen molar-refractivity contribution in [3.63, 3.8) is 0 Å². The Bertz CT molecular complexity index is 692. The van der Waals surface area contributed by atoms with Crippen molar-refractivity contribution in [2.45, 2.75) is 0 Å². The van der Waals surface area contributed by atoms with Gasteiger partial charge in [-0.05, 0) is 18.2 Å². The first-order valence-corrected chi connectivity index (χ1v) is 6.05. The summed E-state index contributed by atoms with van der Waals surface area (Å²) in [4.78, 5) is 34.8. The molecule has 2 rings (SSSR count). The predicted molar refractivity (Wildman–Crippen MR) is 73.3 cm³/mol. The molecule has 2 aromatic rings. The lowest BCUT2D eigenvalue weighted by Crippen LogP contribution is -2.17. The largest absolute Gasteiger partial charge is 0.475 e. The summed E-state index contributed by atoms with van der Waals surface area (Å²) in [5.41, 5.74) is 0.168. The van der Waals surface area contributed by atoms with Gasteiger partial charge in [0.25, 0.3) is 5.78 Å². The fourth-order valence-corrected chi connectivity index (χ4v) is 1.93. The van der Waals surface area contributed by atoms with Gasteiger partial charge < -0.3 is 5.11 Å². The van der Waals surface area contributed by atoms with Gasteiger partial charge in [0.1, 0.15) is 0 Å². The van der Waals surface area contributed by atoms with E-state index < -0.39 is 17.5 Å². The molecule has 20 heavy (non-hydrogen) atoms. The highest BCUT2D eigenvalue weighted by Gasteiger charge is 2.23. The van der Waals surface area contributed by atoms with Crippen LogP contribution in [0.5, 0.6) is 0 Å². The number of carbonyl (C=O) groups is 3. The van der Waals surface area contributed by atoms with Crippen molar-refractivity contribution in [2.75, 3.05) is 0 Å². The number of ketones is 2. The molecule has 0 saturated heterocycles. The maximum Gasteiger partial charge on any atom is 0.377 e. The van der Waals surface area contributed by atoms with E-state index in [1.807, 2.05) is 0 Å². The summed E-state index contributed by atoms with van der Waals surface area (Å²) in [5, 5.41) is 9.04. The molecule has 4 nitrogen and oxygen atoms in total. The van der Waals surface area contributed by atoms with Gasteiger partial charge in [0, 0.05) is 21.7 Å².